The molecule has 0 heterocycles. The molecule has 1 N–H and O–H groups in total. The molecule has 0 aromatic heterocycles. The molecule has 0 radical (unpaired) electrons. The van der Waals surface area contributed by atoms with Gasteiger partial charge in [0.15, 0.2) is 17.7 Å². The monoisotopic (exact) mass is 321 g/mol. The number of halogens is 2. The zero-order chi connectivity index (χ0) is 16.8. The summed E-state index contributed by atoms with van der Waals surface area (Å²) in [7, 11) is 1.58. The summed E-state index contributed by atoms with van der Waals surface area (Å²) in [4.78, 5) is 12.0. The largest absolute Gasteiger partial charge is 0.497 e. The number of amides is 1. The summed E-state index contributed by atoms with van der Waals surface area (Å²) in [5, 5.41) is 2.71. The van der Waals surface area contributed by atoms with E-state index in [9.17, 15) is 13.6 Å². The van der Waals surface area contributed by atoms with E-state index in [2.05, 4.69) is 5.32 Å². The Labute approximate surface area is 133 Å². The number of hydrogen-bond donors (Lipinski definition) is 1. The fourth-order valence-electron chi connectivity index (χ4n) is 1.88. The molecule has 0 spiro atoms. The smallest absolute Gasteiger partial charge is 0.261 e. The zero-order valence-electron chi connectivity index (χ0n) is 12.8. The van der Waals surface area contributed by atoms with Crippen molar-refractivity contribution in [2.75, 3.05) is 7.11 Å². The van der Waals surface area contributed by atoms with Crippen LogP contribution in [0.3, 0.4) is 0 Å². The lowest BCUT2D eigenvalue weighted by Crippen LogP contribution is -2.35. The summed E-state index contributed by atoms with van der Waals surface area (Å²) in [6.07, 6.45) is -0.835. The molecule has 0 bridgehead atoms. The highest BCUT2D eigenvalue weighted by Gasteiger charge is 2.15. The number of ether oxygens (including phenoxy) is 2. The Bertz CT molecular complexity index is 674. The van der Waals surface area contributed by atoms with Gasteiger partial charge in [-0.05, 0) is 36.8 Å². The molecule has 0 saturated heterocycles. The van der Waals surface area contributed by atoms with Gasteiger partial charge in [0.05, 0.1) is 7.11 Å². The van der Waals surface area contributed by atoms with Crippen molar-refractivity contribution in [3.8, 4) is 11.5 Å². The topological polar surface area (TPSA) is 47.6 Å². The molecule has 23 heavy (non-hydrogen) atoms. The average Bonchev–Trinajstić information content (AvgIpc) is 2.56. The van der Waals surface area contributed by atoms with Gasteiger partial charge in [0.1, 0.15) is 11.5 Å². The average molecular weight is 321 g/mol. The first-order valence-electron chi connectivity index (χ1n) is 7.02. The second-order valence-corrected chi connectivity index (χ2v) is 4.90. The van der Waals surface area contributed by atoms with E-state index in [1.165, 1.54) is 13.0 Å². The Kier molecular flexibility index (Phi) is 5.51. The number of carbonyl (C=O) groups excluding carboxylic acids is 1. The molecule has 6 heteroatoms. The highest BCUT2D eigenvalue weighted by Crippen LogP contribution is 2.17. The summed E-state index contributed by atoms with van der Waals surface area (Å²) in [5.41, 5.74) is 0.902. The first-order valence-corrected chi connectivity index (χ1v) is 7.02. The van der Waals surface area contributed by atoms with Gasteiger partial charge in [-0.15, -0.1) is 0 Å². The van der Waals surface area contributed by atoms with Crippen LogP contribution in [0.5, 0.6) is 11.5 Å². The first-order chi connectivity index (χ1) is 11.0. The summed E-state index contributed by atoms with van der Waals surface area (Å²) >= 11 is 0. The lowest BCUT2D eigenvalue weighted by atomic mass is 10.2. The maximum atomic E-state index is 13.1. The van der Waals surface area contributed by atoms with Crippen LogP contribution >= 0.6 is 0 Å². The van der Waals surface area contributed by atoms with Gasteiger partial charge in [0.2, 0.25) is 0 Å². The van der Waals surface area contributed by atoms with Gasteiger partial charge in [-0.1, -0.05) is 12.1 Å². The third-order valence-electron chi connectivity index (χ3n) is 3.20. The third kappa shape index (κ3) is 4.67. The highest BCUT2D eigenvalue weighted by atomic mass is 19.2. The number of carbonyl (C=O) groups is 1. The molecule has 2 aromatic carbocycles. The SMILES string of the molecule is COc1ccc(CNC(=O)[C@@H](C)Oc2ccc(F)c(F)c2)cc1. The number of methoxy groups -OCH3 is 1. The summed E-state index contributed by atoms with van der Waals surface area (Å²) in [5.74, 6) is -1.51. The van der Waals surface area contributed by atoms with Crippen LogP contribution in [0.2, 0.25) is 0 Å². The van der Waals surface area contributed by atoms with Crippen molar-refractivity contribution in [1.82, 2.24) is 5.32 Å². The Morgan fingerprint density at radius 2 is 1.74 bits per heavy atom. The molecule has 0 aliphatic rings. The van der Waals surface area contributed by atoms with E-state index in [1.54, 1.807) is 19.2 Å². The van der Waals surface area contributed by atoms with Crippen LogP contribution in [0.4, 0.5) is 8.78 Å². The molecule has 2 rings (SSSR count). The van der Waals surface area contributed by atoms with Crippen LogP contribution in [0.15, 0.2) is 42.5 Å². The van der Waals surface area contributed by atoms with Crippen LogP contribution in [0.1, 0.15) is 12.5 Å². The molecule has 4 nitrogen and oxygen atoms in total. The van der Waals surface area contributed by atoms with E-state index in [1.807, 2.05) is 12.1 Å². The molecule has 122 valence electrons. The quantitative estimate of drug-likeness (QED) is 0.889. The van der Waals surface area contributed by atoms with Crippen molar-refractivity contribution in [3.05, 3.63) is 59.7 Å². The van der Waals surface area contributed by atoms with Crippen LogP contribution < -0.4 is 14.8 Å². The van der Waals surface area contributed by atoms with Gasteiger partial charge < -0.3 is 14.8 Å². The van der Waals surface area contributed by atoms with Crippen molar-refractivity contribution in [2.24, 2.45) is 0 Å². The van der Waals surface area contributed by atoms with E-state index in [0.29, 0.717) is 6.54 Å². The van der Waals surface area contributed by atoms with E-state index in [-0.39, 0.29) is 11.7 Å². The predicted molar refractivity (Wildman–Crippen MR) is 81.3 cm³/mol. The van der Waals surface area contributed by atoms with Crippen molar-refractivity contribution >= 4 is 5.91 Å². The normalized spacial score (nSPS) is 11.7. The van der Waals surface area contributed by atoms with Crippen LogP contribution in [-0.2, 0) is 11.3 Å². The Morgan fingerprint density at radius 3 is 2.35 bits per heavy atom. The Morgan fingerprint density at radius 1 is 1.09 bits per heavy atom. The molecule has 0 aliphatic carbocycles. The second kappa shape index (κ2) is 7.58. The number of rotatable bonds is 6. The summed E-state index contributed by atoms with van der Waals surface area (Å²) in [6, 6.07) is 10.4. The molecule has 2 aromatic rings. The van der Waals surface area contributed by atoms with E-state index < -0.39 is 17.7 Å². The molecule has 1 atom stereocenters. The summed E-state index contributed by atoms with van der Waals surface area (Å²) < 4.78 is 36.3. The zero-order valence-corrected chi connectivity index (χ0v) is 12.8. The van der Waals surface area contributed by atoms with Crippen molar-refractivity contribution in [2.45, 2.75) is 19.6 Å². The lowest BCUT2D eigenvalue weighted by Gasteiger charge is -2.15. The van der Waals surface area contributed by atoms with E-state index >= 15 is 0 Å². The van der Waals surface area contributed by atoms with E-state index in [4.69, 9.17) is 9.47 Å². The third-order valence-corrected chi connectivity index (χ3v) is 3.20. The first kappa shape index (κ1) is 16.7. The maximum Gasteiger partial charge on any atom is 0.261 e. The van der Waals surface area contributed by atoms with Gasteiger partial charge in [-0.2, -0.15) is 0 Å². The maximum absolute atomic E-state index is 13.1. The minimum atomic E-state index is -1.02. The molecule has 0 unspecified atom stereocenters. The minimum Gasteiger partial charge on any atom is -0.497 e. The molecule has 1 amide bonds. The van der Waals surface area contributed by atoms with E-state index in [0.717, 1.165) is 23.4 Å². The number of nitrogens with one attached hydrogen (secondary N) is 1. The van der Waals surface area contributed by atoms with Crippen molar-refractivity contribution in [1.29, 1.82) is 0 Å². The molecular formula is C17H17F2NO3. The van der Waals surface area contributed by atoms with Gasteiger partial charge >= 0.3 is 0 Å². The van der Waals surface area contributed by atoms with Crippen LogP contribution in [-0.4, -0.2) is 19.1 Å². The van der Waals surface area contributed by atoms with Gasteiger partial charge in [0.25, 0.3) is 5.91 Å². The van der Waals surface area contributed by atoms with Crippen molar-refractivity contribution in [3.63, 3.8) is 0 Å². The fourth-order valence-corrected chi connectivity index (χ4v) is 1.88. The second-order valence-electron chi connectivity index (χ2n) is 4.90. The predicted octanol–water partition coefficient (Wildman–Crippen LogP) is 3.06. The highest BCUT2D eigenvalue weighted by molar-refractivity contribution is 5.80. The number of hydrogen-bond acceptors (Lipinski definition) is 3. The molecule has 0 saturated carbocycles. The fraction of sp³-hybridized carbons (Fsp3) is 0.235. The molecular weight excluding hydrogens is 304 g/mol. The van der Waals surface area contributed by atoms with Crippen LogP contribution in [0.25, 0.3) is 0 Å². The minimum absolute atomic E-state index is 0.0935. The van der Waals surface area contributed by atoms with Crippen molar-refractivity contribution < 1.29 is 23.0 Å². The Hall–Kier alpha value is -2.63. The van der Waals surface area contributed by atoms with Crippen LogP contribution in [0, 0.1) is 11.6 Å². The standard InChI is InChI=1S/C17H17F2NO3/c1-11(23-14-7-8-15(18)16(19)9-14)17(21)20-10-12-3-5-13(22-2)6-4-12/h3-9,11H,10H2,1-2H3,(H,20,21)/t11-/m1/s1. The van der Waals surface area contributed by atoms with Gasteiger partial charge in [0, 0.05) is 12.6 Å². The molecule has 0 aliphatic heterocycles. The Balaban J connectivity index is 1.87. The molecule has 0 fully saturated rings. The lowest BCUT2D eigenvalue weighted by molar-refractivity contribution is -0.127. The van der Waals surface area contributed by atoms with Gasteiger partial charge in [-0.3, -0.25) is 4.79 Å². The number of benzene rings is 2. The summed E-state index contributed by atoms with van der Waals surface area (Å²) in [6.45, 7) is 1.86. The van der Waals surface area contributed by atoms with Gasteiger partial charge in [-0.25, -0.2) is 8.78 Å².